The van der Waals surface area contributed by atoms with Crippen LogP contribution in [-0.4, -0.2) is 21.7 Å². The van der Waals surface area contributed by atoms with Crippen LogP contribution in [0.4, 0.5) is 5.69 Å². The van der Waals surface area contributed by atoms with Gasteiger partial charge in [-0.15, -0.1) is 10.2 Å². The molecule has 0 fully saturated rings. The molecule has 2 heterocycles. The Morgan fingerprint density at radius 1 is 1.30 bits per heavy atom. The maximum absolute atomic E-state index is 8.78. The van der Waals surface area contributed by atoms with E-state index < -0.39 is 0 Å². The number of pyridine rings is 1. The van der Waals surface area contributed by atoms with Gasteiger partial charge in [-0.25, -0.2) is 0 Å². The molecule has 0 aliphatic carbocycles. The third kappa shape index (κ3) is 3.80. The predicted octanol–water partition coefficient (Wildman–Crippen LogP) is 3.10. The molecule has 102 valence electrons. The summed E-state index contributed by atoms with van der Waals surface area (Å²) in [5, 5.41) is 16.8. The molecule has 0 atom stereocenters. The van der Waals surface area contributed by atoms with Gasteiger partial charge in [0.1, 0.15) is 0 Å². The van der Waals surface area contributed by atoms with Crippen molar-refractivity contribution in [3.63, 3.8) is 0 Å². The molecule has 0 aliphatic heterocycles. The first-order valence-electron chi connectivity index (χ1n) is 5.90. The zero-order valence-corrected chi connectivity index (χ0v) is 12.0. The molecular weight excluding hydrogens is 297 g/mol. The predicted molar refractivity (Wildman–Crippen MR) is 77.6 cm³/mol. The van der Waals surface area contributed by atoms with Crippen LogP contribution >= 0.6 is 23.2 Å². The SMILES string of the molecule is N#CCCN(Cc1cccnc1)c1cc(Cl)nnc1Cl. The number of nitrogens with zero attached hydrogens (tertiary/aromatic N) is 5. The molecule has 0 N–H and O–H groups in total. The van der Waals surface area contributed by atoms with Crippen LogP contribution in [0.3, 0.4) is 0 Å². The van der Waals surface area contributed by atoms with Crippen LogP contribution in [0.2, 0.25) is 10.3 Å². The second-order valence-electron chi connectivity index (χ2n) is 4.03. The van der Waals surface area contributed by atoms with E-state index in [1.807, 2.05) is 17.0 Å². The minimum atomic E-state index is 0.260. The summed E-state index contributed by atoms with van der Waals surface area (Å²) in [5.41, 5.74) is 1.67. The molecule has 0 spiro atoms. The fraction of sp³-hybridized carbons (Fsp3) is 0.231. The summed E-state index contributed by atoms with van der Waals surface area (Å²) in [6, 6.07) is 7.58. The fourth-order valence-electron chi connectivity index (χ4n) is 1.75. The smallest absolute Gasteiger partial charge is 0.175 e. The molecule has 0 amide bonds. The normalized spacial score (nSPS) is 10.1. The van der Waals surface area contributed by atoms with Crippen molar-refractivity contribution in [1.29, 1.82) is 5.26 Å². The molecule has 0 saturated heterocycles. The van der Waals surface area contributed by atoms with Crippen LogP contribution in [0.1, 0.15) is 12.0 Å². The van der Waals surface area contributed by atoms with Crippen molar-refractivity contribution in [2.24, 2.45) is 0 Å². The van der Waals surface area contributed by atoms with E-state index in [1.165, 1.54) is 0 Å². The average Bonchev–Trinajstić information content (AvgIpc) is 2.47. The third-order valence-corrected chi connectivity index (χ3v) is 3.08. The minimum absolute atomic E-state index is 0.260. The summed E-state index contributed by atoms with van der Waals surface area (Å²) in [6.07, 6.45) is 3.85. The van der Waals surface area contributed by atoms with Crippen molar-refractivity contribution in [2.45, 2.75) is 13.0 Å². The number of aromatic nitrogens is 3. The molecule has 5 nitrogen and oxygen atoms in total. The summed E-state index contributed by atoms with van der Waals surface area (Å²) in [5.74, 6) is 0. The Bertz CT molecular complexity index is 612. The van der Waals surface area contributed by atoms with Crippen LogP contribution in [0.15, 0.2) is 30.6 Å². The lowest BCUT2D eigenvalue weighted by atomic mass is 10.2. The molecule has 0 aromatic carbocycles. The van der Waals surface area contributed by atoms with Crippen LogP contribution < -0.4 is 4.90 Å². The van der Waals surface area contributed by atoms with Crippen molar-refractivity contribution in [2.75, 3.05) is 11.4 Å². The highest BCUT2D eigenvalue weighted by Gasteiger charge is 2.13. The molecule has 20 heavy (non-hydrogen) atoms. The Morgan fingerprint density at radius 2 is 2.15 bits per heavy atom. The molecule has 2 rings (SSSR count). The molecule has 0 bridgehead atoms. The minimum Gasteiger partial charge on any atom is -0.363 e. The number of hydrogen-bond donors (Lipinski definition) is 0. The van der Waals surface area contributed by atoms with Gasteiger partial charge < -0.3 is 4.90 Å². The Morgan fingerprint density at radius 3 is 2.85 bits per heavy atom. The van der Waals surface area contributed by atoms with Crippen molar-refractivity contribution in [1.82, 2.24) is 15.2 Å². The van der Waals surface area contributed by atoms with Crippen LogP contribution in [0.25, 0.3) is 0 Å². The van der Waals surface area contributed by atoms with E-state index in [-0.39, 0.29) is 10.3 Å². The monoisotopic (exact) mass is 307 g/mol. The lowest BCUT2D eigenvalue weighted by Gasteiger charge is -2.24. The van der Waals surface area contributed by atoms with Gasteiger partial charge in [0.2, 0.25) is 0 Å². The topological polar surface area (TPSA) is 65.7 Å². The number of halogens is 2. The fourth-order valence-corrected chi connectivity index (χ4v) is 2.10. The van der Waals surface area contributed by atoms with E-state index in [1.54, 1.807) is 18.5 Å². The first-order chi connectivity index (χ1) is 9.70. The summed E-state index contributed by atoms with van der Waals surface area (Å²) in [7, 11) is 0. The van der Waals surface area contributed by atoms with Gasteiger partial charge in [-0.05, 0) is 11.6 Å². The van der Waals surface area contributed by atoms with Crippen LogP contribution in [0, 0.1) is 11.3 Å². The van der Waals surface area contributed by atoms with Gasteiger partial charge in [-0.2, -0.15) is 5.26 Å². The number of hydrogen-bond acceptors (Lipinski definition) is 5. The zero-order chi connectivity index (χ0) is 14.4. The highest BCUT2D eigenvalue weighted by molar-refractivity contribution is 6.33. The quantitative estimate of drug-likeness (QED) is 0.849. The third-order valence-electron chi connectivity index (χ3n) is 2.63. The van der Waals surface area contributed by atoms with Gasteiger partial charge in [0.15, 0.2) is 10.3 Å². The molecule has 0 unspecified atom stereocenters. The highest BCUT2D eigenvalue weighted by Crippen LogP contribution is 2.26. The van der Waals surface area contributed by atoms with Crippen LogP contribution in [0.5, 0.6) is 0 Å². The first-order valence-corrected chi connectivity index (χ1v) is 6.66. The summed E-state index contributed by atoms with van der Waals surface area (Å²) < 4.78 is 0. The largest absolute Gasteiger partial charge is 0.363 e. The Labute approximate surface area is 126 Å². The van der Waals surface area contributed by atoms with Gasteiger partial charge >= 0.3 is 0 Å². The van der Waals surface area contributed by atoms with E-state index in [4.69, 9.17) is 28.5 Å². The molecule has 0 saturated carbocycles. The summed E-state index contributed by atoms with van der Waals surface area (Å²) in [4.78, 5) is 6.01. The average molecular weight is 308 g/mol. The van der Waals surface area contributed by atoms with E-state index in [0.717, 1.165) is 5.56 Å². The van der Waals surface area contributed by atoms with Gasteiger partial charge in [0.25, 0.3) is 0 Å². The molecule has 0 aliphatic rings. The first kappa shape index (κ1) is 14.5. The molecule has 2 aromatic rings. The zero-order valence-electron chi connectivity index (χ0n) is 10.5. The second kappa shape index (κ2) is 7.04. The highest BCUT2D eigenvalue weighted by atomic mass is 35.5. The van der Waals surface area contributed by atoms with Crippen molar-refractivity contribution in [3.05, 3.63) is 46.5 Å². The van der Waals surface area contributed by atoms with Gasteiger partial charge in [0.05, 0.1) is 18.2 Å². The maximum atomic E-state index is 8.78. The number of rotatable bonds is 5. The van der Waals surface area contributed by atoms with Crippen molar-refractivity contribution >= 4 is 28.9 Å². The van der Waals surface area contributed by atoms with Crippen molar-refractivity contribution < 1.29 is 0 Å². The Kier molecular flexibility index (Phi) is 5.10. The summed E-state index contributed by atoms with van der Waals surface area (Å²) in [6.45, 7) is 1.09. The second-order valence-corrected chi connectivity index (χ2v) is 4.78. The molecule has 0 radical (unpaired) electrons. The Hall–Kier alpha value is -1.90. The summed E-state index contributed by atoms with van der Waals surface area (Å²) >= 11 is 11.9. The number of anilines is 1. The molecular formula is C13H11Cl2N5. The number of nitriles is 1. The van der Waals surface area contributed by atoms with Gasteiger partial charge in [-0.1, -0.05) is 29.3 Å². The van der Waals surface area contributed by atoms with Crippen LogP contribution in [-0.2, 0) is 6.54 Å². The maximum Gasteiger partial charge on any atom is 0.175 e. The van der Waals surface area contributed by atoms with E-state index in [2.05, 4.69) is 21.3 Å². The van der Waals surface area contributed by atoms with E-state index >= 15 is 0 Å². The van der Waals surface area contributed by atoms with Gasteiger partial charge in [-0.3, -0.25) is 4.98 Å². The van der Waals surface area contributed by atoms with Gasteiger partial charge in [0, 0.05) is 31.5 Å². The van der Waals surface area contributed by atoms with E-state index in [0.29, 0.717) is 25.2 Å². The van der Waals surface area contributed by atoms with E-state index in [9.17, 15) is 0 Å². The lowest BCUT2D eigenvalue weighted by Crippen LogP contribution is -2.24. The molecule has 2 aromatic heterocycles. The van der Waals surface area contributed by atoms with Crippen molar-refractivity contribution in [3.8, 4) is 6.07 Å². The standard InChI is InChI=1S/C13H11Cl2N5/c14-12-7-11(13(15)19-18-12)20(6-2-4-16)9-10-3-1-5-17-8-10/h1,3,5,7-8H,2,6,9H2. The Balaban J connectivity index is 2.27. The molecule has 7 heteroatoms. The lowest BCUT2D eigenvalue weighted by molar-refractivity contribution is 0.788.